The second-order valence-corrected chi connectivity index (χ2v) is 10.9. The summed E-state index contributed by atoms with van der Waals surface area (Å²) in [4.78, 5) is 14.0. The molecule has 40 heavy (non-hydrogen) atoms. The van der Waals surface area contributed by atoms with Crippen LogP contribution in [-0.4, -0.2) is 39.6 Å². The van der Waals surface area contributed by atoms with Crippen LogP contribution in [0.1, 0.15) is 39.3 Å². The molecule has 210 valence electrons. The molecule has 1 saturated heterocycles. The number of anilines is 5. The van der Waals surface area contributed by atoms with E-state index in [-0.39, 0.29) is 17.3 Å². The summed E-state index contributed by atoms with van der Waals surface area (Å²) in [6.07, 6.45) is -1.76. The minimum absolute atomic E-state index is 0.00912. The number of hydrogen-bond donors (Lipinski definition) is 3. The smallest absolute Gasteiger partial charge is 0.368 e. The molecule has 0 radical (unpaired) electrons. The maximum atomic E-state index is 16.1. The zero-order chi connectivity index (χ0) is 28.5. The molecule has 1 aliphatic rings. The number of rotatable bonds is 6. The van der Waals surface area contributed by atoms with Crippen molar-refractivity contribution in [2.45, 2.75) is 51.4 Å². The Kier molecular flexibility index (Phi) is 7.50. The van der Waals surface area contributed by atoms with Crippen LogP contribution < -0.4 is 20.9 Å². The van der Waals surface area contributed by atoms with Gasteiger partial charge in [0.1, 0.15) is 5.69 Å². The molecule has 7 nitrogen and oxygen atoms in total. The normalized spacial score (nSPS) is 14.9. The van der Waals surface area contributed by atoms with Crippen LogP contribution in [0.3, 0.4) is 0 Å². The second kappa shape index (κ2) is 10.9. The Balaban J connectivity index is 1.40. The van der Waals surface area contributed by atoms with Crippen LogP contribution in [0.2, 0.25) is 0 Å². The highest BCUT2D eigenvalue weighted by molar-refractivity contribution is 5.94. The van der Waals surface area contributed by atoms with Crippen molar-refractivity contribution in [1.82, 2.24) is 20.3 Å². The number of para-hydroxylation sites is 1. The van der Waals surface area contributed by atoms with Crippen molar-refractivity contribution < 1.29 is 17.6 Å². The number of halogens is 4. The number of pyridine rings is 1. The van der Waals surface area contributed by atoms with Gasteiger partial charge in [0.05, 0.1) is 11.2 Å². The summed E-state index contributed by atoms with van der Waals surface area (Å²) in [5, 5.41) is 10.2. The van der Waals surface area contributed by atoms with E-state index in [1.54, 1.807) is 24.3 Å². The van der Waals surface area contributed by atoms with Crippen molar-refractivity contribution >= 4 is 39.7 Å². The van der Waals surface area contributed by atoms with Crippen LogP contribution in [0, 0.1) is 5.82 Å². The van der Waals surface area contributed by atoms with E-state index in [2.05, 4.69) is 56.6 Å². The Hall–Kier alpha value is -3.99. The van der Waals surface area contributed by atoms with Gasteiger partial charge >= 0.3 is 6.18 Å². The van der Waals surface area contributed by atoms with Crippen LogP contribution in [0.25, 0.3) is 10.9 Å². The van der Waals surface area contributed by atoms with Gasteiger partial charge in [-0.25, -0.2) is 19.3 Å². The first-order valence-corrected chi connectivity index (χ1v) is 13.1. The first-order valence-electron chi connectivity index (χ1n) is 13.1. The van der Waals surface area contributed by atoms with Crippen molar-refractivity contribution in [3.63, 3.8) is 0 Å². The van der Waals surface area contributed by atoms with E-state index in [0.29, 0.717) is 41.7 Å². The molecule has 2 aromatic heterocycles. The molecule has 1 aliphatic heterocycles. The van der Waals surface area contributed by atoms with E-state index in [1.165, 1.54) is 0 Å². The van der Waals surface area contributed by atoms with Gasteiger partial charge < -0.3 is 20.9 Å². The molecule has 2 aromatic carbocycles. The molecule has 3 heterocycles. The van der Waals surface area contributed by atoms with E-state index in [4.69, 9.17) is 0 Å². The third-order valence-corrected chi connectivity index (χ3v) is 6.58. The molecule has 0 amide bonds. The first-order chi connectivity index (χ1) is 19.0. The molecule has 11 heteroatoms. The number of alkyl halides is 3. The Morgan fingerprint density at radius 2 is 1.57 bits per heavy atom. The predicted molar refractivity (Wildman–Crippen MR) is 150 cm³/mol. The summed E-state index contributed by atoms with van der Waals surface area (Å²) >= 11 is 0. The van der Waals surface area contributed by atoms with Gasteiger partial charge in [0.2, 0.25) is 5.95 Å². The van der Waals surface area contributed by atoms with Crippen LogP contribution in [0.4, 0.5) is 46.4 Å². The predicted octanol–water partition coefficient (Wildman–Crippen LogP) is 7.03. The van der Waals surface area contributed by atoms with Gasteiger partial charge in [0, 0.05) is 47.6 Å². The number of nitrogens with zero attached hydrogens (tertiary/aromatic N) is 4. The maximum Gasteiger partial charge on any atom is 0.433 e. The van der Waals surface area contributed by atoms with Gasteiger partial charge in [-0.3, -0.25) is 0 Å². The van der Waals surface area contributed by atoms with Gasteiger partial charge in [0.15, 0.2) is 11.6 Å². The lowest BCUT2D eigenvalue weighted by Gasteiger charge is -2.38. The van der Waals surface area contributed by atoms with E-state index < -0.39 is 17.7 Å². The van der Waals surface area contributed by atoms with Crippen molar-refractivity contribution in [3.05, 3.63) is 72.3 Å². The lowest BCUT2D eigenvalue weighted by molar-refractivity contribution is -0.141. The molecule has 0 bridgehead atoms. The standard InChI is InChI=1S/C29H31F4N7/c1-28(2,3)39-18-12-15-40(16-13-18)25-21-9-4-5-10-22(21)37-26(24(25)30)35-19-7-6-8-20(17-19)36-27-34-14-11-23(38-27)29(31,32)33/h4-11,14,17-18,39H,12-13,15-16H2,1-3H3,(H,35,37)(H,34,36,38). The zero-order valence-electron chi connectivity index (χ0n) is 22.5. The average molecular weight is 554 g/mol. The Morgan fingerprint density at radius 1 is 0.875 bits per heavy atom. The van der Waals surface area contributed by atoms with Gasteiger partial charge in [-0.1, -0.05) is 24.3 Å². The van der Waals surface area contributed by atoms with Crippen molar-refractivity contribution in [2.75, 3.05) is 28.6 Å². The third kappa shape index (κ3) is 6.41. The molecule has 0 aliphatic carbocycles. The quantitative estimate of drug-likeness (QED) is 0.221. The molecule has 5 rings (SSSR count). The largest absolute Gasteiger partial charge is 0.433 e. The molecule has 0 atom stereocenters. The number of benzene rings is 2. The van der Waals surface area contributed by atoms with Gasteiger partial charge in [-0.2, -0.15) is 13.2 Å². The second-order valence-electron chi connectivity index (χ2n) is 10.9. The molecular weight excluding hydrogens is 522 g/mol. The van der Waals surface area contributed by atoms with E-state index in [9.17, 15) is 13.2 Å². The highest BCUT2D eigenvalue weighted by atomic mass is 19.4. The van der Waals surface area contributed by atoms with Crippen LogP contribution in [-0.2, 0) is 6.18 Å². The van der Waals surface area contributed by atoms with E-state index in [0.717, 1.165) is 30.5 Å². The Bertz CT molecular complexity index is 1490. The molecule has 0 spiro atoms. The number of hydrogen-bond acceptors (Lipinski definition) is 7. The minimum atomic E-state index is -4.59. The van der Waals surface area contributed by atoms with Gasteiger partial charge in [0.25, 0.3) is 0 Å². The maximum absolute atomic E-state index is 16.1. The SMILES string of the molecule is CC(C)(C)NC1CCN(c2c(F)c(Nc3cccc(Nc4nccc(C(F)(F)F)n4)c3)nc3ccccc23)CC1. The van der Waals surface area contributed by atoms with E-state index >= 15 is 4.39 Å². The fourth-order valence-electron chi connectivity index (χ4n) is 4.94. The summed E-state index contributed by atoms with van der Waals surface area (Å²) in [5.41, 5.74) is 1.05. The summed E-state index contributed by atoms with van der Waals surface area (Å²) in [5.74, 6) is -0.592. The molecule has 3 N–H and O–H groups in total. The summed E-state index contributed by atoms with van der Waals surface area (Å²) in [7, 11) is 0. The van der Waals surface area contributed by atoms with Crippen LogP contribution in [0.5, 0.6) is 0 Å². The number of aromatic nitrogens is 3. The average Bonchev–Trinajstić information content (AvgIpc) is 2.89. The fraction of sp³-hybridized carbons (Fsp3) is 0.345. The zero-order valence-corrected chi connectivity index (χ0v) is 22.5. The number of piperidine rings is 1. The van der Waals surface area contributed by atoms with Crippen LogP contribution >= 0.6 is 0 Å². The summed E-state index contributed by atoms with van der Waals surface area (Å²) in [6, 6.07) is 15.3. The molecule has 0 saturated carbocycles. The van der Waals surface area contributed by atoms with Crippen LogP contribution in [0.15, 0.2) is 60.8 Å². The Labute approximate surface area is 230 Å². The highest BCUT2D eigenvalue weighted by Crippen LogP contribution is 2.36. The Morgan fingerprint density at radius 3 is 2.27 bits per heavy atom. The van der Waals surface area contributed by atoms with Gasteiger partial charge in [-0.05, 0) is 63.9 Å². The summed E-state index contributed by atoms with van der Waals surface area (Å²) in [6.45, 7) is 7.84. The molecular formula is C29H31F4N7. The molecule has 1 fully saturated rings. The lowest BCUT2D eigenvalue weighted by atomic mass is 9.99. The lowest BCUT2D eigenvalue weighted by Crippen LogP contribution is -2.49. The molecule has 4 aromatic rings. The monoisotopic (exact) mass is 553 g/mol. The minimum Gasteiger partial charge on any atom is -0.368 e. The number of fused-ring (bicyclic) bond motifs is 1. The highest BCUT2D eigenvalue weighted by Gasteiger charge is 2.33. The van der Waals surface area contributed by atoms with Crippen molar-refractivity contribution in [1.29, 1.82) is 0 Å². The number of nitrogens with one attached hydrogen (secondary N) is 3. The van der Waals surface area contributed by atoms with E-state index in [1.807, 2.05) is 24.3 Å². The van der Waals surface area contributed by atoms with Crippen molar-refractivity contribution in [3.8, 4) is 0 Å². The topological polar surface area (TPSA) is 78.0 Å². The fourth-order valence-corrected chi connectivity index (χ4v) is 4.94. The summed E-state index contributed by atoms with van der Waals surface area (Å²) < 4.78 is 55.2. The molecule has 0 unspecified atom stereocenters. The first kappa shape index (κ1) is 27.6. The third-order valence-electron chi connectivity index (χ3n) is 6.58. The van der Waals surface area contributed by atoms with Gasteiger partial charge in [-0.15, -0.1) is 0 Å². The van der Waals surface area contributed by atoms with Crippen molar-refractivity contribution in [2.24, 2.45) is 0 Å².